The zero-order valence-electron chi connectivity index (χ0n) is 18.6. The third-order valence-corrected chi connectivity index (χ3v) is 6.08. The number of nitrogens with one attached hydrogen (secondary N) is 2. The fourth-order valence-corrected chi connectivity index (χ4v) is 3.75. The minimum Gasteiger partial charge on any atom is -0.355 e. The van der Waals surface area contributed by atoms with Gasteiger partial charge >= 0.3 is 12.4 Å². The first-order valence-electron chi connectivity index (χ1n) is 10.2. The highest BCUT2D eigenvalue weighted by Gasteiger charge is 2.40. The van der Waals surface area contributed by atoms with E-state index in [-0.39, 0.29) is 32.7 Å². The van der Waals surface area contributed by atoms with Gasteiger partial charge in [0.2, 0.25) is 5.91 Å². The van der Waals surface area contributed by atoms with Crippen LogP contribution < -0.4 is 10.6 Å². The van der Waals surface area contributed by atoms with Gasteiger partial charge in [0.05, 0.1) is 32.1 Å². The second-order valence-corrected chi connectivity index (χ2v) is 8.76. The lowest BCUT2D eigenvalue weighted by Gasteiger charge is -2.19. The molecule has 0 aliphatic carbocycles. The molecule has 36 heavy (non-hydrogen) atoms. The highest BCUT2D eigenvalue weighted by molar-refractivity contribution is 6.48. The van der Waals surface area contributed by atoms with Crippen LogP contribution in [0.5, 0.6) is 0 Å². The van der Waals surface area contributed by atoms with Gasteiger partial charge in [0, 0.05) is 6.54 Å². The number of allylic oxidation sites excluding steroid dienone is 1. The van der Waals surface area contributed by atoms with Gasteiger partial charge in [-0.3, -0.25) is 9.59 Å². The number of benzene rings is 2. The van der Waals surface area contributed by atoms with E-state index in [9.17, 15) is 35.9 Å². The molecule has 0 aromatic heterocycles. The van der Waals surface area contributed by atoms with Crippen LogP contribution in [-0.4, -0.2) is 30.6 Å². The summed E-state index contributed by atoms with van der Waals surface area (Å²) in [6.07, 6.45) is -8.37. The number of likely N-dealkylation sites (N-methyl/N-ethyl adjacent to an activating group) is 1. The molecule has 2 atom stereocenters. The van der Waals surface area contributed by atoms with Crippen LogP contribution in [0.2, 0.25) is 15.1 Å². The summed E-state index contributed by atoms with van der Waals surface area (Å²) >= 11 is 17.4. The van der Waals surface area contributed by atoms with Crippen LogP contribution in [0.15, 0.2) is 36.4 Å². The monoisotopic (exact) mass is 574 g/mol. The van der Waals surface area contributed by atoms with Crippen molar-refractivity contribution in [2.75, 3.05) is 6.54 Å². The molecule has 4 nitrogen and oxygen atoms in total. The molecule has 0 aliphatic heterocycles. The number of amides is 2. The summed E-state index contributed by atoms with van der Waals surface area (Å²) in [5, 5.41) is 4.00. The van der Waals surface area contributed by atoms with Crippen LogP contribution in [0.4, 0.5) is 26.3 Å². The lowest BCUT2D eigenvalue weighted by Crippen LogP contribution is -2.45. The molecule has 13 heteroatoms. The zero-order chi connectivity index (χ0) is 27.4. The lowest BCUT2D eigenvalue weighted by atomic mass is 9.96. The van der Waals surface area contributed by atoms with Crippen LogP contribution in [0, 0.1) is 0 Å². The van der Waals surface area contributed by atoms with Gasteiger partial charge in [-0.25, -0.2) is 0 Å². The number of carbonyl (C=O) groups excluding carboxylic acids is 2. The Morgan fingerprint density at radius 2 is 1.58 bits per heavy atom. The van der Waals surface area contributed by atoms with E-state index in [1.807, 2.05) is 0 Å². The molecule has 0 heterocycles. The Labute approximate surface area is 217 Å². The molecule has 2 aromatic carbocycles. The molecular formula is C23H19Cl3F6N2O2. The fraction of sp³-hybridized carbons (Fsp3) is 0.304. The topological polar surface area (TPSA) is 58.2 Å². The molecule has 0 fully saturated rings. The van der Waals surface area contributed by atoms with Crippen molar-refractivity contribution in [1.82, 2.24) is 10.6 Å². The van der Waals surface area contributed by atoms with E-state index in [0.717, 1.165) is 30.3 Å². The molecule has 2 rings (SSSR count). The summed E-state index contributed by atoms with van der Waals surface area (Å²) in [7, 11) is 0. The standard InChI is InChI=1S/C23H19Cl3F6N2O2/c1-3-33-20(35)11(2)34-21(36)14-6-4-12(8-16(14)23(30,31)32)5-7-15(22(27,28)29)13-9-17(24)19(26)18(25)10-13/h4-11,15H,3H2,1-2H3,(H,33,35)(H,34,36)/b7-5+. The van der Waals surface area contributed by atoms with Crippen LogP contribution in [0.1, 0.15) is 46.8 Å². The van der Waals surface area contributed by atoms with E-state index in [1.165, 1.54) is 6.92 Å². The smallest absolute Gasteiger partial charge is 0.355 e. The highest BCUT2D eigenvalue weighted by Crippen LogP contribution is 2.41. The van der Waals surface area contributed by atoms with E-state index in [1.54, 1.807) is 6.92 Å². The molecule has 0 aliphatic rings. The van der Waals surface area contributed by atoms with Crippen molar-refractivity contribution in [2.24, 2.45) is 0 Å². The van der Waals surface area contributed by atoms with Gasteiger partial charge in [-0.05, 0) is 49.2 Å². The van der Waals surface area contributed by atoms with Crippen LogP contribution in [0.25, 0.3) is 6.08 Å². The SMILES string of the molecule is CCNC(=O)C(C)NC(=O)c1ccc(/C=C/C(c2cc(Cl)c(Cl)c(Cl)c2)C(F)(F)F)cc1C(F)(F)F. The molecule has 0 bridgehead atoms. The molecule has 2 amide bonds. The molecule has 0 saturated carbocycles. The summed E-state index contributed by atoms with van der Waals surface area (Å²) in [4.78, 5) is 24.2. The molecule has 2 N–H and O–H groups in total. The van der Waals surface area contributed by atoms with Gasteiger partial charge in [0.25, 0.3) is 5.91 Å². The summed E-state index contributed by atoms with van der Waals surface area (Å²) in [6, 6.07) is 3.21. The zero-order valence-corrected chi connectivity index (χ0v) is 20.9. The van der Waals surface area contributed by atoms with E-state index in [2.05, 4.69) is 10.6 Å². The number of alkyl halides is 6. The van der Waals surface area contributed by atoms with Gasteiger partial charge < -0.3 is 10.6 Å². The van der Waals surface area contributed by atoms with Crippen LogP contribution in [-0.2, 0) is 11.0 Å². The maximum atomic E-state index is 13.7. The van der Waals surface area contributed by atoms with Gasteiger partial charge in [0.1, 0.15) is 6.04 Å². The summed E-state index contributed by atoms with van der Waals surface area (Å²) in [6.45, 7) is 3.17. The number of hydrogen-bond acceptors (Lipinski definition) is 2. The van der Waals surface area contributed by atoms with E-state index < -0.39 is 47.3 Å². The third-order valence-electron chi connectivity index (χ3n) is 4.88. The second kappa shape index (κ2) is 11.7. The maximum Gasteiger partial charge on any atom is 0.417 e. The van der Waals surface area contributed by atoms with E-state index >= 15 is 0 Å². The van der Waals surface area contributed by atoms with Crippen molar-refractivity contribution in [1.29, 1.82) is 0 Å². The Balaban J connectivity index is 2.44. The summed E-state index contributed by atoms with van der Waals surface area (Å²) in [5.41, 5.74) is -2.80. The second-order valence-electron chi connectivity index (χ2n) is 7.57. The summed E-state index contributed by atoms with van der Waals surface area (Å²) in [5.74, 6) is -4.03. The molecule has 2 unspecified atom stereocenters. The Kier molecular flexibility index (Phi) is 9.72. The van der Waals surface area contributed by atoms with Gasteiger partial charge in [-0.2, -0.15) is 26.3 Å². The Morgan fingerprint density at radius 1 is 1.00 bits per heavy atom. The molecular weight excluding hydrogens is 557 g/mol. The van der Waals surface area contributed by atoms with Crippen LogP contribution in [0.3, 0.4) is 0 Å². The molecule has 2 aromatic rings. The van der Waals surface area contributed by atoms with Crippen molar-refractivity contribution in [3.63, 3.8) is 0 Å². The average Bonchev–Trinajstić information content (AvgIpc) is 2.76. The predicted molar refractivity (Wildman–Crippen MR) is 126 cm³/mol. The molecule has 196 valence electrons. The minimum atomic E-state index is -5.01. The predicted octanol–water partition coefficient (Wildman–Crippen LogP) is 7.28. The van der Waals surface area contributed by atoms with Crippen LogP contribution >= 0.6 is 34.8 Å². The largest absolute Gasteiger partial charge is 0.417 e. The van der Waals surface area contributed by atoms with Crippen molar-refractivity contribution >= 4 is 52.7 Å². The van der Waals surface area contributed by atoms with Gasteiger partial charge in [-0.1, -0.05) is 53.0 Å². The van der Waals surface area contributed by atoms with Crippen molar-refractivity contribution in [3.8, 4) is 0 Å². The normalized spacial score (nSPS) is 14.0. The number of hydrogen-bond donors (Lipinski definition) is 2. The Hall–Kier alpha value is -2.43. The van der Waals surface area contributed by atoms with Crippen molar-refractivity contribution < 1.29 is 35.9 Å². The molecule has 0 spiro atoms. The van der Waals surface area contributed by atoms with E-state index in [4.69, 9.17) is 34.8 Å². The van der Waals surface area contributed by atoms with Gasteiger partial charge in [-0.15, -0.1) is 0 Å². The average molecular weight is 576 g/mol. The summed E-state index contributed by atoms with van der Waals surface area (Å²) < 4.78 is 82.2. The maximum absolute atomic E-state index is 13.7. The van der Waals surface area contributed by atoms with E-state index in [0.29, 0.717) is 12.1 Å². The first-order chi connectivity index (χ1) is 16.6. The Bertz CT molecular complexity index is 1140. The molecule has 0 saturated heterocycles. The molecule has 0 radical (unpaired) electrons. The quantitative estimate of drug-likeness (QED) is 0.269. The van der Waals surface area contributed by atoms with Crippen molar-refractivity contribution in [3.05, 3.63) is 73.7 Å². The fourth-order valence-electron chi connectivity index (χ4n) is 3.14. The first-order valence-corrected chi connectivity index (χ1v) is 11.4. The highest BCUT2D eigenvalue weighted by atomic mass is 35.5. The lowest BCUT2D eigenvalue weighted by molar-refractivity contribution is -0.139. The third kappa shape index (κ3) is 7.54. The first kappa shape index (κ1) is 29.8. The number of carbonyl (C=O) groups is 2. The Morgan fingerprint density at radius 3 is 2.08 bits per heavy atom. The van der Waals surface area contributed by atoms with Crippen molar-refractivity contribution in [2.45, 2.75) is 38.2 Å². The number of rotatable bonds is 7. The van der Waals surface area contributed by atoms with Gasteiger partial charge in [0.15, 0.2) is 0 Å². The number of halogens is 9. The minimum absolute atomic E-state index is 0.142.